The third kappa shape index (κ3) is 3.19. The smallest absolute Gasteiger partial charge is 0.0611 e. The molecule has 0 unspecified atom stereocenters. The minimum absolute atomic E-state index is 0.217. The van der Waals surface area contributed by atoms with Gasteiger partial charge in [-0.2, -0.15) is 0 Å². The van der Waals surface area contributed by atoms with E-state index in [0.29, 0.717) is 6.10 Å². The number of hydrogen-bond donors (Lipinski definition) is 1. The second-order valence-corrected chi connectivity index (χ2v) is 5.52. The van der Waals surface area contributed by atoms with Crippen LogP contribution in [-0.2, 0) is 4.74 Å². The summed E-state index contributed by atoms with van der Waals surface area (Å²) in [5.41, 5.74) is 6.15. The topological polar surface area (TPSA) is 38.5 Å². The predicted octanol–water partition coefficient (Wildman–Crippen LogP) is 1.86. The van der Waals surface area contributed by atoms with Gasteiger partial charge in [0, 0.05) is 18.7 Å². The van der Waals surface area contributed by atoms with E-state index < -0.39 is 0 Å². The first-order valence-corrected chi connectivity index (χ1v) is 6.57. The van der Waals surface area contributed by atoms with Gasteiger partial charge >= 0.3 is 0 Å². The monoisotopic (exact) mass is 228 g/mol. The summed E-state index contributed by atoms with van der Waals surface area (Å²) in [7, 11) is 2.21. The zero-order valence-electron chi connectivity index (χ0n) is 11.3. The molecular formula is C13H28N2O. The Kier molecular flexibility index (Phi) is 5.22. The molecule has 0 aromatic carbocycles. The summed E-state index contributed by atoms with van der Waals surface area (Å²) in [6.45, 7) is 9.32. The maximum Gasteiger partial charge on any atom is 0.0611 e. The molecule has 1 rings (SSSR count). The number of ether oxygens (including phenoxy) is 1. The Hall–Kier alpha value is -0.120. The molecule has 0 atom stereocenters. The maximum atomic E-state index is 5.94. The van der Waals surface area contributed by atoms with Crippen molar-refractivity contribution in [3.05, 3.63) is 0 Å². The lowest BCUT2D eigenvalue weighted by Crippen LogP contribution is -2.63. The van der Waals surface area contributed by atoms with Crippen LogP contribution in [0.4, 0.5) is 0 Å². The molecule has 0 heterocycles. The van der Waals surface area contributed by atoms with E-state index in [0.717, 1.165) is 38.5 Å². The highest BCUT2D eigenvalue weighted by molar-refractivity contribution is 5.03. The van der Waals surface area contributed by atoms with Crippen LogP contribution in [0, 0.1) is 5.92 Å². The van der Waals surface area contributed by atoms with Crippen molar-refractivity contribution in [2.45, 2.75) is 51.7 Å². The number of likely N-dealkylation sites (N-methyl/N-ethyl adjacent to an activating group) is 1. The molecule has 2 N–H and O–H groups in total. The first-order chi connectivity index (χ1) is 7.54. The minimum atomic E-state index is 0.217. The summed E-state index contributed by atoms with van der Waals surface area (Å²) in [4.78, 5) is 2.45. The van der Waals surface area contributed by atoms with Gasteiger partial charge in [0.1, 0.15) is 0 Å². The van der Waals surface area contributed by atoms with Gasteiger partial charge in [-0.3, -0.25) is 4.90 Å². The van der Waals surface area contributed by atoms with E-state index in [1.54, 1.807) is 0 Å². The molecule has 0 amide bonds. The van der Waals surface area contributed by atoms with Crippen LogP contribution in [0.5, 0.6) is 0 Å². The number of nitrogens with zero attached hydrogens (tertiary/aromatic N) is 1. The van der Waals surface area contributed by atoms with Crippen LogP contribution in [0.1, 0.15) is 40.0 Å². The molecule has 3 nitrogen and oxygen atoms in total. The molecule has 16 heavy (non-hydrogen) atoms. The van der Waals surface area contributed by atoms with Crippen LogP contribution in [0.2, 0.25) is 0 Å². The largest absolute Gasteiger partial charge is 0.378 e. The summed E-state index contributed by atoms with van der Waals surface area (Å²) in [6.07, 6.45) is 3.89. The average Bonchev–Trinajstić information content (AvgIpc) is 2.19. The van der Waals surface area contributed by atoms with E-state index in [-0.39, 0.29) is 5.54 Å². The van der Waals surface area contributed by atoms with E-state index in [1.807, 2.05) is 0 Å². The Morgan fingerprint density at radius 1 is 1.44 bits per heavy atom. The third-order valence-electron chi connectivity index (χ3n) is 3.85. The summed E-state index contributed by atoms with van der Waals surface area (Å²) in [6, 6.07) is 0. The Morgan fingerprint density at radius 2 is 2.06 bits per heavy atom. The normalized spacial score (nSPS) is 29.8. The fourth-order valence-electron chi connectivity index (χ4n) is 2.46. The highest BCUT2D eigenvalue weighted by Gasteiger charge is 2.46. The number of rotatable bonds is 7. The summed E-state index contributed by atoms with van der Waals surface area (Å²) < 4.78 is 5.63. The quantitative estimate of drug-likeness (QED) is 0.723. The van der Waals surface area contributed by atoms with E-state index in [1.165, 1.54) is 6.42 Å². The second kappa shape index (κ2) is 5.99. The summed E-state index contributed by atoms with van der Waals surface area (Å²) in [5.74, 6) is 0.764. The molecule has 96 valence electrons. The van der Waals surface area contributed by atoms with Gasteiger partial charge in [-0.15, -0.1) is 0 Å². The Morgan fingerprint density at radius 3 is 2.50 bits per heavy atom. The molecule has 0 aromatic heterocycles. The molecule has 0 aromatic rings. The van der Waals surface area contributed by atoms with Crippen molar-refractivity contribution in [3.63, 3.8) is 0 Å². The van der Waals surface area contributed by atoms with Crippen LogP contribution < -0.4 is 5.73 Å². The standard InChI is InChI=1S/C13H28N2O/c1-5-16-12-8-13(9-12,10-14)15(4)7-6-11(2)3/h11-12H,5-10,14H2,1-4H3. The van der Waals surface area contributed by atoms with Crippen molar-refractivity contribution in [2.75, 3.05) is 26.7 Å². The third-order valence-corrected chi connectivity index (χ3v) is 3.85. The molecule has 0 spiro atoms. The Bertz CT molecular complexity index is 200. The highest BCUT2D eigenvalue weighted by Crippen LogP contribution is 2.38. The van der Waals surface area contributed by atoms with Crippen LogP contribution in [-0.4, -0.2) is 43.3 Å². The fourth-order valence-corrected chi connectivity index (χ4v) is 2.46. The summed E-state index contributed by atoms with van der Waals surface area (Å²) in [5, 5.41) is 0. The highest BCUT2D eigenvalue weighted by atomic mass is 16.5. The van der Waals surface area contributed by atoms with Gasteiger partial charge in [-0.05, 0) is 45.7 Å². The van der Waals surface area contributed by atoms with Gasteiger partial charge in [0.15, 0.2) is 0 Å². The molecule has 3 heteroatoms. The Balaban J connectivity index is 2.37. The zero-order chi connectivity index (χ0) is 12.2. The zero-order valence-corrected chi connectivity index (χ0v) is 11.3. The molecule has 0 aliphatic heterocycles. The molecular weight excluding hydrogens is 200 g/mol. The predicted molar refractivity (Wildman–Crippen MR) is 68.5 cm³/mol. The van der Waals surface area contributed by atoms with Gasteiger partial charge in [-0.1, -0.05) is 13.8 Å². The lowest BCUT2D eigenvalue weighted by atomic mass is 9.73. The van der Waals surface area contributed by atoms with Gasteiger partial charge in [0.25, 0.3) is 0 Å². The van der Waals surface area contributed by atoms with E-state index >= 15 is 0 Å². The molecule has 1 aliphatic rings. The van der Waals surface area contributed by atoms with Crippen LogP contribution >= 0.6 is 0 Å². The first-order valence-electron chi connectivity index (χ1n) is 6.57. The first kappa shape index (κ1) is 13.9. The van der Waals surface area contributed by atoms with Gasteiger partial charge in [0.2, 0.25) is 0 Å². The van der Waals surface area contributed by atoms with Crippen molar-refractivity contribution in [2.24, 2.45) is 11.7 Å². The minimum Gasteiger partial charge on any atom is -0.378 e. The van der Waals surface area contributed by atoms with Crippen molar-refractivity contribution in [1.82, 2.24) is 4.90 Å². The molecule has 1 fully saturated rings. The maximum absolute atomic E-state index is 5.94. The molecule has 0 radical (unpaired) electrons. The molecule has 0 bridgehead atoms. The molecule has 1 saturated carbocycles. The van der Waals surface area contributed by atoms with Gasteiger partial charge < -0.3 is 10.5 Å². The lowest BCUT2D eigenvalue weighted by molar-refractivity contribution is -0.0928. The second-order valence-electron chi connectivity index (χ2n) is 5.52. The van der Waals surface area contributed by atoms with Gasteiger partial charge in [-0.25, -0.2) is 0 Å². The van der Waals surface area contributed by atoms with E-state index in [9.17, 15) is 0 Å². The number of nitrogens with two attached hydrogens (primary N) is 1. The van der Waals surface area contributed by atoms with Crippen LogP contribution in [0.25, 0.3) is 0 Å². The molecule has 0 saturated heterocycles. The lowest BCUT2D eigenvalue weighted by Gasteiger charge is -2.52. The van der Waals surface area contributed by atoms with Crippen molar-refractivity contribution in [1.29, 1.82) is 0 Å². The van der Waals surface area contributed by atoms with Crippen molar-refractivity contribution < 1.29 is 4.74 Å². The van der Waals surface area contributed by atoms with Crippen molar-refractivity contribution in [3.8, 4) is 0 Å². The Labute approximate surface area is 100 Å². The summed E-state index contributed by atoms with van der Waals surface area (Å²) >= 11 is 0. The van der Waals surface area contributed by atoms with Gasteiger partial charge in [0.05, 0.1) is 6.10 Å². The number of hydrogen-bond acceptors (Lipinski definition) is 3. The fraction of sp³-hybridized carbons (Fsp3) is 1.00. The average molecular weight is 228 g/mol. The molecule has 1 aliphatic carbocycles. The van der Waals surface area contributed by atoms with Crippen LogP contribution in [0.3, 0.4) is 0 Å². The SMILES string of the molecule is CCOC1CC(CN)(N(C)CCC(C)C)C1. The van der Waals surface area contributed by atoms with Crippen LogP contribution in [0.15, 0.2) is 0 Å². The van der Waals surface area contributed by atoms with Crippen molar-refractivity contribution >= 4 is 0 Å². The van der Waals surface area contributed by atoms with E-state index in [4.69, 9.17) is 10.5 Å². The van der Waals surface area contributed by atoms with E-state index in [2.05, 4.69) is 32.7 Å².